The van der Waals surface area contributed by atoms with Crippen molar-refractivity contribution in [1.82, 2.24) is 4.57 Å². The summed E-state index contributed by atoms with van der Waals surface area (Å²) in [5.41, 5.74) is 12.3. The average Bonchev–Trinajstić information content (AvgIpc) is 3.32. The van der Waals surface area contributed by atoms with Gasteiger partial charge in [-0.25, -0.2) is 0 Å². The zero-order valence-electron chi connectivity index (χ0n) is 21.3. The van der Waals surface area contributed by atoms with Gasteiger partial charge in [0.15, 0.2) is 0 Å². The van der Waals surface area contributed by atoms with Crippen molar-refractivity contribution >= 4 is 21.8 Å². The minimum Gasteiger partial charge on any atom is -0.309 e. The van der Waals surface area contributed by atoms with Gasteiger partial charge in [0, 0.05) is 16.5 Å². The Morgan fingerprint density at radius 1 is 0.368 bits per heavy atom. The first-order valence-corrected chi connectivity index (χ1v) is 13.1. The van der Waals surface area contributed by atoms with E-state index < -0.39 is 0 Å². The molecule has 1 heteroatoms. The fourth-order valence-electron chi connectivity index (χ4n) is 5.61. The van der Waals surface area contributed by atoms with Crippen molar-refractivity contribution in [2.24, 2.45) is 0 Å². The molecule has 0 amide bonds. The van der Waals surface area contributed by atoms with Crippen LogP contribution in [0.3, 0.4) is 0 Å². The van der Waals surface area contributed by atoms with Crippen LogP contribution in [0.4, 0.5) is 0 Å². The molecular formula is C37H27N. The van der Waals surface area contributed by atoms with Crippen molar-refractivity contribution in [2.45, 2.75) is 6.92 Å². The number of fused-ring (bicyclic) bond motifs is 3. The number of aromatic nitrogens is 1. The van der Waals surface area contributed by atoms with E-state index in [2.05, 4.69) is 157 Å². The molecule has 1 nitrogen and oxygen atoms in total. The van der Waals surface area contributed by atoms with E-state index in [1.807, 2.05) is 0 Å². The van der Waals surface area contributed by atoms with E-state index in [1.165, 1.54) is 66.4 Å². The lowest BCUT2D eigenvalue weighted by Crippen LogP contribution is -1.93. The molecule has 1 aromatic heterocycles. The molecule has 0 aliphatic rings. The van der Waals surface area contributed by atoms with E-state index >= 15 is 0 Å². The first kappa shape index (κ1) is 22.3. The van der Waals surface area contributed by atoms with E-state index in [4.69, 9.17) is 0 Å². The fourth-order valence-corrected chi connectivity index (χ4v) is 5.61. The lowest BCUT2D eigenvalue weighted by atomic mass is 9.95. The van der Waals surface area contributed by atoms with Crippen LogP contribution >= 0.6 is 0 Å². The third-order valence-electron chi connectivity index (χ3n) is 7.44. The number of hydrogen-bond acceptors (Lipinski definition) is 0. The molecule has 6 aromatic carbocycles. The summed E-state index contributed by atoms with van der Waals surface area (Å²) in [5, 5.41) is 2.57. The van der Waals surface area contributed by atoms with Gasteiger partial charge in [-0.05, 0) is 76.2 Å². The number of hydrogen-bond donors (Lipinski definition) is 0. The van der Waals surface area contributed by atoms with Crippen molar-refractivity contribution in [3.63, 3.8) is 0 Å². The van der Waals surface area contributed by atoms with Crippen LogP contribution in [0.2, 0.25) is 0 Å². The molecule has 0 aliphatic heterocycles. The normalized spacial score (nSPS) is 11.3. The Bertz CT molecular complexity index is 1840. The van der Waals surface area contributed by atoms with Gasteiger partial charge < -0.3 is 4.57 Å². The summed E-state index contributed by atoms with van der Waals surface area (Å²) in [6.45, 7) is 2.17. The average molecular weight is 486 g/mol. The van der Waals surface area contributed by atoms with Crippen LogP contribution < -0.4 is 0 Å². The highest BCUT2D eigenvalue weighted by molar-refractivity contribution is 6.09. The summed E-state index contributed by atoms with van der Waals surface area (Å²) in [7, 11) is 0. The van der Waals surface area contributed by atoms with E-state index in [1.54, 1.807) is 0 Å². The number of nitrogens with zero attached hydrogens (tertiary/aromatic N) is 1. The Morgan fingerprint density at radius 3 is 1.34 bits per heavy atom. The van der Waals surface area contributed by atoms with Crippen LogP contribution in [0.1, 0.15) is 5.56 Å². The molecule has 7 rings (SSSR count). The Hall–Kier alpha value is -4.88. The second-order valence-electron chi connectivity index (χ2n) is 9.95. The minimum absolute atomic E-state index is 1.18. The fraction of sp³-hybridized carbons (Fsp3) is 0.0270. The SMILES string of the molecule is Cc1cc(-c2ccccc2)cc(-c2ccc(-c3ccc(-n4c5ccccc5c5ccccc54)cc3)cc2)c1. The molecule has 0 N–H and O–H groups in total. The van der Waals surface area contributed by atoms with Gasteiger partial charge in [0.25, 0.3) is 0 Å². The van der Waals surface area contributed by atoms with Crippen LogP contribution in [0.15, 0.2) is 146 Å². The van der Waals surface area contributed by atoms with Gasteiger partial charge in [0.2, 0.25) is 0 Å². The second-order valence-corrected chi connectivity index (χ2v) is 9.95. The lowest BCUT2D eigenvalue weighted by molar-refractivity contribution is 1.18. The minimum atomic E-state index is 1.18. The van der Waals surface area contributed by atoms with Crippen molar-refractivity contribution in [2.75, 3.05) is 0 Å². The van der Waals surface area contributed by atoms with Gasteiger partial charge >= 0.3 is 0 Å². The summed E-state index contributed by atoms with van der Waals surface area (Å²) in [6, 6.07) is 52.6. The first-order valence-electron chi connectivity index (χ1n) is 13.1. The predicted molar refractivity (Wildman–Crippen MR) is 162 cm³/mol. The summed E-state index contributed by atoms with van der Waals surface area (Å²) < 4.78 is 2.36. The zero-order chi connectivity index (χ0) is 25.5. The molecule has 180 valence electrons. The number of para-hydroxylation sites is 2. The van der Waals surface area contributed by atoms with Gasteiger partial charge in [0.1, 0.15) is 0 Å². The van der Waals surface area contributed by atoms with Gasteiger partial charge in [0.05, 0.1) is 11.0 Å². The molecule has 0 unspecified atom stereocenters. The Kier molecular flexibility index (Phi) is 5.41. The lowest BCUT2D eigenvalue weighted by Gasteiger charge is -2.11. The molecule has 0 atom stereocenters. The van der Waals surface area contributed by atoms with E-state index in [0.29, 0.717) is 0 Å². The van der Waals surface area contributed by atoms with Crippen LogP contribution in [-0.4, -0.2) is 4.57 Å². The van der Waals surface area contributed by atoms with Crippen LogP contribution in [-0.2, 0) is 0 Å². The quantitative estimate of drug-likeness (QED) is 0.234. The third kappa shape index (κ3) is 3.90. The van der Waals surface area contributed by atoms with Crippen molar-refractivity contribution in [3.05, 3.63) is 151 Å². The standard InChI is InChI=1S/C37H27N/c1-26-23-31(27-9-3-2-4-10-27)25-32(24-26)30-17-15-28(16-18-30)29-19-21-33(22-20-29)38-36-13-7-5-11-34(36)35-12-6-8-14-37(35)38/h2-25H,1H3. The van der Waals surface area contributed by atoms with E-state index in [9.17, 15) is 0 Å². The number of rotatable bonds is 4. The molecular weight excluding hydrogens is 458 g/mol. The molecule has 0 fully saturated rings. The summed E-state index contributed by atoms with van der Waals surface area (Å²) >= 11 is 0. The largest absolute Gasteiger partial charge is 0.309 e. The monoisotopic (exact) mass is 485 g/mol. The molecule has 0 spiro atoms. The Morgan fingerprint density at radius 2 is 0.789 bits per heavy atom. The van der Waals surface area contributed by atoms with Crippen LogP contribution in [0.5, 0.6) is 0 Å². The van der Waals surface area contributed by atoms with E-state index in [-0.39, 0.29) is 0 Å². The molecule has 0 saturated heterocycles. The predicted octanol–water partition coefficient (Wildman–Crippen LogP) is 10.1. The summed E-state index contributed by atoms with van der Waals surface area (Å²) in [5.74, 6) is 0. The zero-order valence-corrected chi connectivity index (χ0v) is 21.3. The smallest absolute Gasteiger partial charge is 0.0541 e. The maximum Gasteiger partial charge on any atom is 0.0541 e. The van der Waals surface area contributed by atoms with Gasteiger partial charge in [-0.1, -0.05) is 115 Å². The summed E-state index contributed by atoms with van der Waals surface area (Å²) in [4.78, 5) is 0. The molecule has 7 aromatic rings. The van der Waals surface area contributed by atoms with Crippen molar-refractivity contribution < 1.29 is 0 Å². The molecule has 38 heavy (non-hydrogen) atoms. The number of benzene rings is 6. The van der Waals surface area contributed by atoms with Gasteiger partial charge in [-0.15, -0.1) is 0 Å². The van der Waals surface area contributed by atoms with Crippen LogP contribution in [0.25, 0.3) is 60.9 Å². The molecule has 0 bridgehead atoms. The highest BCUT2D eigenvalue weighted by Crippen LogP contribution is 2.33. The Balaban J connectivity index is 1.22. The van der Waals surface area contributed by atoms with Crippen molar-refractivity contribution in [1.29, 1.82) is 0 Å². The van der Waals surface area contributed by atoms with Crippen LogP contribution in [0, 0.1) is 6.92 Å². The highest BCUT2D eigenvalue weighted by atomic mass is 15.0. The second kappa shape index (κ2) is 9.21. The highest BCUT2D eigenvalue weighted by Gasteiger charge is 2.11. The third-order valence-corrected chi connectivity index (χ3v) is 7.44. The topological polar surface area (TPSA) is 4.93 Å². The first-order chi connectivity index (χ1) is 18.7. The van der Waals surface area contributed by atoms with Gasteiger partial charge in [-0.3, -0.25) is 0 Å². The molecule has 0 radical (unpaired) electrons. The molecule has 1 heterocycles. The van der Waals surface area contributed by atoms with Gasteiger partial charge in [-0.2, -0.15) is 0 Å². The van der Waals surface area contributed by atoms with Crippen molar-refractivity contribution in [3.8, 4) is 39.1 Å². The Labute approximate surface area is 223 Å². The molecule has 0 aliphatic carbocycles. The van der Waals surface area contributed by atoms with E-state index in [0.717, 1.165) is 0 Å². The summed E-state index contributed by atoms with van der Waals surface area (Å²) in [6.07, 6.45) is 0. The maximum atomic E-state index is 2.36. The molecule has 0 saturated carbocycles. The maximum absolute atomic E-state index is 2.36. The number of aryl methyl sites for hydroxylation is 1.